The second-order valence-electron chi connectivity index (χ2n) is 10.5. The Morgan fingerprint density at radius 3 is 2.51 bits per heavy atom. The third-order valence-corrected chi connectivity index (χ3v) is 8.14. The Balaban J connectivity index is 1.50. The van der Waals surface area contributed by atoms with Gasteiger partial charge in [-0.25, -0.2) is 9.78 Å². The molecule has 202 valence electrons. The predicted octanol–water partition coefficient (Wildman–Crippen LogP) is 8.12. The van der Waals surface area contributed by atoms with Crippen LogP contribution < -0.4 is 5.32 Å². The summed E-state index contributed by atoms with van der Waals surface area (Å²) >= 11 is 6.68. The SMILES string of the molecule is CCC[C@H](NC(=O)c1ccc(-c2c(Cl)cccc2-c2nc3ccccc3[nH]2)c(C(=O)O)c1)C1CCCCCC1. The summed E-state index contributed by atoms with van der Waals surface area (Å²) in [6.07, 6.45) is 9.06. The van der Waals surface area contributed by atoms with Crippen LogP contribution in [0.1, 0.15) is 79.0 Å². The second-order valence-corrected chi connectivity index (χ2v) is 10.9. The van der Waals surface area contributed by atoms with Gasteiger partial charge in [0.15, 0.2) is 0 Å². The summed E-state index contributed by atoms with van der Waals surface area (Å²) in [6.45, 7) is 2.14. The van der Waals surface area contributed by atoms with E-state index in [2.05, 4.69) is 17.2 Å². The highest BCUT2D eigenvalue weighted by atomic mass is 35.5. The van der Waals surface area contributed by atoms with Gasteiger partial charge in [-0.1, -0.05) is 81.0 Å². The molecule has 1 aliphatic carbocycles. The van der Waals surface area contributed by atoms with Crippen LogP contribution in [-0.4, -0.2) is 33.0 Å². The standard InChI is InChI=1S/C32H34ClN3O3/c1-2-10-26(20-11-5-3-4-6-12-20)36-31(37)21-17-18-22(24(19-21)32(38)39)29-23(13-9-14-25(29)33)30-34-27-15-7-8-16-28(27)35-30/h7-9,13-20,26H,2-6,10-12H2,1H3,(H,34,35)(H,36,37)(H,38,39)/t26-/m0/s1. The van der Waals surface area contributed by atoms with Gasteiger partial charge in [0.1, 0.15) is 5.82 Å². The number of carboxylic acid groups (broad SMARTS) is 1. The van der Waals surface area contributed by atoms with Crippen LogP contribution in [0.25, 0.3) is 33.5 Å². The lowest BCUT2D eigenvalue weighted by Gasteiger charge is -2.27. The third-order valence-electron chi connectivity index (χ3n) is 7.82. The number of carbonyl (C=O) groups is 2. The zero-order valence-electron chi connectivity index (χ0n) is 22.2. The number of imidazole rings is 1. The normalized spacial score (nSPS) is 15.1. The Kier molecular flexibility index (Phi) is 8.32. The lowest BCUT2D eigenvalue weighted by Crippen LogP contribution is -2.40. The molecule has 5 rings (SSSR count). The minimum Gasteiger partial charge on any atom is -0.478 e. The van der Waals surface area contributed by atoms with Crippen molar-refractivity contribution >= 4 is 34.5 Å². The molecular weight excluding hydrogens is 510 g/mol. The fraction of sp³-hybridized carbons (Fsp3) is 0.344. The molecule has 0 aliphatic heterocycles. The van der Waals surface area contributed by atoms with Crippen molar-refractivity contribution < 1.29 is 14.7 Å². The highest BCUT2D eigenvalue weighted by Gasteiger charge is 2.26. The summed E-state index contributed by atoms with van der Waals surface area (Å²) < 4.78 is 0. The number of nitrogens with zero attached hydrogens (tertiary/aromatic N) is 1. The number of halogens is 1. The molecule has 0 spiro atoms. The molecule has 1 amide bonds. The quantitative estimate of drug-likeness (QED) is 0.195. The van der Waals surface area contributed by atoms with Crippen LogP contribution in [0.5, 0.6) is 0 Å². The first-order chi connectivity index (χ1) is 19.0. The minimum atomic E-state index is -1.12. The van der Waals surface area contributed by atoms with Crippen LogP contribution in [0, 0.1) is 5.92 Å². The summed E-state index contributed by atoms with van der Waals surface area (Å²) in [4.78, 5) is 33.9. The van der Waals surface area contributed by atoms with Crippen LogP contribution in [-0.2, 0) is 0 Å². The summed E-state index contributed by atoms with van der Waals surface area (Å²) in [5.41, 5.74) is 3.73. The van der Waals surface area contributed by atoms with E-state index in [0.29, 0.717) is 39.0 Å². The largest absolute Gasteiger partial charge is 0.478 e. The summed E-state index contributed by atoms with van der Waals surface area (Å²) in [5, 5.41) is 13.9. The van der Waals surface area contributed by atoms with Gasteiger partial charge < -0.3 is 15.4 Å². The number of aromatic carboxylic acids is 1. The van der Waals surface area contributed by atoms with Crippen LogP contribution in [0.4, 0.5) is 0 Å². The average molecular weight is 544 g/mol. The number of nitrogens with one attached hydrogen (secondary N) is 2. The number of para-hydroxylation sites is 2. The minimum absolute atomic E-state index is 0.0228. The first-order valence-electron chi connectivity index (χ1n) is 13.9. The first-order valence-corrected chi connectivity index (χ1v) is 14.3. The molecule has 6 nitrogen and oxygen atoms in total. The highest BCUT2D eigenvalue weighted by molar-refractivity contribution is 6.34. The van der Waals surface area contributed by atoms with Crippen LogP contribution >= 0.6 is 11.6 Å². The highest BCUT2D eigenvalue weighted by Crippen LogP contribution is 2.39. The van der Waals surface area contributed by atoms with Gasteiger partial charge in [-0.15, -0.1) is 0 Å². The summed E-state index contributed by atoms with van der Waals surface area (Å²) in [6, 6.07) is 18.1. The van der Waals surface area contributed by atoms with Gasteiger partial charge in [0.05, 0.1) is 16.6 Å². The molecule has 3 aromatic carbocycles. The number of fused-ring (bicyclic) bond motifs is 1. The van der Waals surface area contributed by atoms with E-state index in [1.54, 1.807) is 18.2 Å². The van der Waals surface area contributed by atoms with Crippen molar-refractivity contribution in [1.82, 2.24) is 15.3 Å². The maximum Gasteiger partial charge on any atom is 0.336 e. The van der Waals surface area contributed by atoms with Crippen molar-refractivity contribution in [2.75, 3.05) is 0 Å². The van der Waals surface area contributed by atoms with Gasteiger partial charge in [0.25, 0.3) is 5.91 Å². The Morgan fingerprint density at radius 2 is 1.79 bits per heavy atom. The molecule has 0 radical (unpaired) electrons. The molecule has 39 heavy (non-hydrogen) atoms. The molecule has 3 N–H and O–H groups in total. The van der Waals surface area contributed by atoms with Gasteiger partial charge in [-0.3, -0.25) is 4.79 Å². The molecule has 1 saturated carbocycles. The zero-order chi connectivity index (χ0) is 27.4. The number of aromatic nitrogens is 2. The first kappa shape index (κ1) is 26.9. The van der Waals surface area contributed by atoms with Crippen molar-refractivity contribution in [3.8, 4) is 22.5 Å². The van der Waals surface area contributed by atoms with Gasteiger partial charge in [0.2, 0.25) is 0 Å². The number of carboxylic acids is 1. The Morgan fingerprint density at radius 1 is 1.03 bits per heavy atom. The van der Waals surface area contributed by atoms with E-state index in [1.807, 2.05) is 36.4 Å². The topological polar surface area (TPSA) is 95.1 Å². The maximum atomic E-state index is 13.4. The van der Waals surface area contributed by atoms with Crippen LogP contribution in [0.3, 0.4) is 0 Å². The smallest absolute Gasteiger partial charge is 0.336 e. The van der Waals surface area contributed by atoms with Gasteiger partial charge in [-0.05, 0) is 61.1 Å². The van der Waals surface area contributed by atoms with Gasteiger partial charge in [0, 0.05) is 27.8 Å². The van der Waals surface area contributed by atoms with Crippen molar-refractivity contribution in [2.45, 2.75) is 64.3 Å². The van der Waals surface area contributed by atoms with E-state index in [9.17, 15) is 14.7 Å². The van der Waals surface area contributed by atoms with Gasteiger partial charge in [-0.2, -0.15) is 0 Å². The Labute approximate surface area is 233 Å². The van der Waals surface area contributed by atoms with Crippen molar-refractivity contribution in [3.63, 3.8) is 0 Å². The molecule has 1 fully saturated rings. The van der Waals surface area contributed by atoms with Crippen LogP contribution in [0.2, 0.25) is 5.02 Å². The Hall–Kier alpha value is -3.64. The third kappa shape index (κ3) is 5.86. The number of hydrogen-bond acceptors (Lipinski definition) is 3. The summed E-state index contributed by atoms with van der Waals surface area (Å²) in [7, 11) is 0. The van der Waals surface area contributed by atoms with Crippen molar-refractivity contribution in [2.24, 2.45) is 5.92 Å². The lowest BCUT2D eigenvalue weighted by atomic mass is 9.88. The van der Waals surface area contributed by atoms with E-state index in [1.165, 1.54) is 31.7 Å². The van der Waals surface area contributed by atoms with E-state index in [-0.39, 0.29) is 17.5 Å². The number of H-pyrrole nitrogens is 1. The molecule has 1 heterocycles. The number of hydrogen-bond donors (Lipinski definition) is 3. The predicted molar refractivity (Wildman–Crippen MR) is 156 cm³/mol. The van der Waals surface area contributed by atoms with E-state index < -0.39 is 5.97 Å². The monoisotopic (exact) mass is 543 g/mol. The fourth-order valence-corrected chi connectivity index (χ4v) is 6.13. The maximum absolute atomic E-state index is 13.4. The molecule has 1 atom stereocenters. The van der Waals surface area contributed by atoms with Crippen molar-refractivity contribution in [1.29, 1.82) is 0 Å². The zero-order valence-corrected chi connectivity index (χ0v) is 22.9. The fourth-order valence-electron chi connectivity index (χ4n) is 5.86. The summed E-state index contributed by atoms with van der Waals surface area (Å²) in [5.74, 6) is -0.297. The molecule has 1 aliphatic rings. The number of aromatic amines is 1. The lowest BCUT2D eigenvalue weighted by molar-refractivity contribution is 0.0697. The van der Waals surface area contributed by atoms with E-state index >= 15 is 0 Å². The van der Waals surface area contributed by atoms with Crippen LogP contribution in [0.15, 0.2) is 60.7 Å². The number of rotatable bonds is 8. The van der Waals surface area contributed by atoms with E-state index in [0.717, 1.165) is 36.7 Å². The second kappa shape index (κ2) is 12.0. The molecule has 0 saturated heterocycles. The number of amides is 1. The molecule has 4 aromatic rings. The molecule has 1 aromatic heterocycles. The van der Waals surface area contributed by atoms with Gasteiger partial charge >= 0.3 is 5.97 Å². The molecule has 7 heteroatoms. The Bertz CT molecular complexity index is 1450. The molecule has 0 unspecified atom stereocenters. The molecular formula is C32H34ClN3O3. The number of benzene rings is 3. The average Bonchev–Trinajstić information content (AvgIpc) is 3.18. The van der Waals surface area contributed by atoms with Crippen molar-refractivity contribution in [3.05, 3.63) is 76.8 Å². The molecule has 0 bridgehead atoms. The van der Waals surface area contributed by atoms with E-state index in [4.69, 9.17) is 16.6 Å². The number of carbonyl (C=O) groups excluding carboxylic acids is 1.